The molecule has 0 amide bonds. The summed E-state index contributed by atoms with van der Waals surface area (Å²) in [5.74, 6) is 0.805. The first-order valence-corrected chi connectivity index (χ1v) is 4.82. The van der Waals surface area contributed by atoms with Crippen LogP contribution in [-0.2, 0) is 0 Å². The summed E-state index contributed by atoms with van der Waals surface area (Å²) in [6.07, 6.45) is 8.64. The van der Waals surface area contributed by atoms with Gasteiger partial charge in [0, 0.05) is 18.4 Å². The van der Waals surface area contributed by atoms with Crippen molar-refractivity contribution in [2.45, 2.75) is 19.9 Å². The van der Waals surface area contributed by atoms with Crippen molar-refractivity contribution in [3.05, 3.63) is 31.1 Å². The zero-order valence-electron chi connectivity index (χ0n) is 8.75. The third-order valence-electron chi connectivity index (χ3n) is 2.04. The number of rotatable bonds is 3. The fraction of sp³-hybridized carbons (Fsp3) is 0.300. The molecule has 0 aliphatic carbocycles. The second-order valence-electron chi connectivity index (χ2n) is 3.50. The van der Waals surface area contributed by atoms with Gasteiger partial charge in [-0.15, -0.1) is 0 Å². The lowest BCUT2D eigenvalue weighted by atomic mass is 10.4. The molecule has 0 aromatic carbocycles. The van der Waals surface area contributed by atoms with Gasteiger partial charge in [0.15, 0.2) is 0 Å². The van der Waals surface area contributed by atoms with Gasteiger partial charge in [-0.3, -0.25) is 0 Å². The van der Waals surface area contributed by atoms with Gasteiger partial charge >= 0.3 is 0 Å². The molecule has 2 aromatic rings. The molecule has 0 aliphatic heterocycles. The Balaban J connectivity index is 2.21. The van der Waals surface area contributed by atoms with Crippen molar-refractivity contribution in [3.63, 3.8) is 0 Å². The number of hydrogen-bond acceptors (Lipinski definition) is 4. The van der Waals surface area contributed by atoms with E-state index in [1.807, 2.05) is 10.8 Å². The van der Waals surface area contributed by atoms with E-state index in [1.165, 1.54) is 6.33 Å². The lowest BCUT2D eigenvalue weighted by molar-refractivity contribution is 0.608. The zero-order chi connectivity index (χ0) is 10.7. The third-order valence-corrected chi connectivity index (χ3v) is 2.04. The van der Waals surface area contributed by atoms with E-state index in [4.69, 9.17) is 0 Å². The van der Waals surface area contributed by atoms with E-state index in [0.717, 1.165) is 11.6 Å². The van der Waals surface area contributed by atoms with Gasteiger partial charge in [0.05, 0.1) is 18.1 Å². The van der Waals surface area contributed by atoms with Crippen LogP contribution in [0.1, 0.15) is 19.9 Å². The lowest BCUT2D eigenvalue weighted by Crippen LogP contribution is -2.05. The van der Waals surface area contributed by atoms with Gasteiger partial charge in [-0.25, -0.2) is 15.0 Å². The fourth-order valence-electron chi connectivity index (χ4n) is 1.32. The monoisotopic (exact) mass is 203 g/mol. The van der Waals surface area contributed by atoms with Crippen LogP contribution in [0.3, 0.4) is 0 Å². The van der Waals surface area contributed by atoms with E-state index in [9.17, 15) is 0 Å². The van der Waals surface area contributed by atoms with Crippen LogP contribution in [0, 0.1) is 0 Å². The van der Waals surface area contributed by atoms with E-state index < -0.39 is 0 Å². The molecule has 0 fully saturated rings. The maximum atomic E-state index is 4.23. The predicted octanol–water partition coefficient (Wildman–Crippen LogP) is 2.00. The molecule has 0 bridgehead atoms. The number of aromatic nitrogens is 4. The Labute approximate surface area is 88.2 Å². The van der Waals surface area contributed by atoms with Crippen LogP contribution in [0.15, 0.2) is 31.1 Å². The summed E-state index contributed by atoms with van der Waals surface area (Å²) in [5.41, 5.74) is 0.839. The van der Waals surface area contributed by atoms with Crippen LogP contribution >= 0.6 is 0 Å². The average molecular weight is 203 g/mol. The van der Waals surface area contributed by atoms with E-state index >= 15 is 0 Å². The summed E-state index contributed by atoms with van der Waals surface area (Å²) in [6, 6.07) is 0.375. The first kappa shape index (κ1) is 9.64. The normalized spacial score (nSPS) is 10.6. The molecule has 0 aliphatic rings. The Kier molecular flexibility index (Phi) is 2.62. The highest BCUT2D eigenvalue weighted by Gasteiger charge is 2.05. The Hall–Kier alpha value is -1.91. The van der Waals surface area contributed by atoms with Crippen molar-refractivity contribution >= 4 is 11.6 Å². The summed E-state index contributed by atoms with van der Waals surface area (Å²) >= 11 is 0. The first-order chi connectivity index (χ1) is 7.27. The highest BCUT2D eigenvalue weighted by atomic mass is 15.2. The van der Waals surface area contributed by atoms with Gasteiger partial charge in [-0.05, 0) is 13.8 Å². The number of hydrogen-bond donors (Lipinski definition) is 1. The Morgan fingerprint density at radius 1 is 1.27 bits per heavy atom. The van der Waals surface area contributed by atoms with Gasteiger partial charge in [-0.2, -0.15) is 0 Å². The molecule has 78 valence electrons. The summed E-state index contributed by atoms with van der Waals surface area (Å²) in [5, 5.41) is 3.16. The summed E-state index contributed by atoms with van der Waals surface area (Å²) in [7, 11) is 0. The molecular formula is C10H13N5. The standard InChI is InChI=1S/C10H13N5/c1-8(2)15-4-3-13-10(15)14-9-5-11-7-12-6-9/h3-8H,1-2H3,(H,13,14). The van der Waals surface area contributed by atoms with Crippen LogP contribution in [0.25, 0.3) is 0 Å². The molecule has 0 saturated heterocycles. The smallest absolute Gasteiger partial charge is 0.207 e. The van der Waals surface area contributed by atoms with Crippen LogP contribution in [0.4, 0.5) is 11.6 Å². The third kappa shape index (κ3) is 2.12. The summed E-state index contributed by atoms with van der Waals surface area (Å²) < 4.78 is 2.05. The van der Waals surface area contributed by atoms with E-state index in [-0.39, 0.29) is 0 Å². The molecule has 0 saturated carbocycles. The van der Waals surface area contributed by atoms with Crippen molar-refractivity contribution in [3.8, 4) is 0 Å². The SMILES string of the molecule is CC(C)n1ccnc1Nc1cncnc1. The Bertz CT molecular complexity index is 420. The molecule has 15 heavy (non-hydrogen) atoms. The second-order valence-corrected chi connectivity index (χ2v) is 3.50. The quantitative estimate of drug-likeness (QED) is 0.828. The molecule has 2 aromatic heterocycles. The van der Waals surface area contributed by atoms with E-state index in [0.29, 0.717) is 6.04 Å². The fourth-order valence-corrected chi connectivity index (χ4v) is 1.32. The Morgan fingerprint density at radius 3 is 2.67 bits per heavy atom. The molecule has 1 N–H and O–H groups in total. The molecule has 5 nitrogen and oxygen atoms in total. The number of nitrogens with one attached hydrogen (secondary N) is 1. The molecule has 5 heteroatoms. The molecule has 2 rings (SSSR count). The van der Waals surface area contributed by atoms with Gasteiger partial charge < -0.3 is 9.88 Å². The maximum absolute atomic E-state index is 4.23. The van der Waals surface area contributed by atoms with Crippen LogP contribution < -0.4 is 5.32 Å². The summed E-state index contributed by atoms with van der Waals surface area (Å²) in [4.78, 5) is 12.1. The number of imidazole rings is 1. The lowest BCUT2D eigenvalue weighted by Gasteiger charge is -2.11. The van der Waals surface area contributed by atoms with Crippen molar-refractivity contribution in [2.24, 2.45) is 0 Å². The van der Waals surface area contributed by atoms with Gasteiger partial charge in [0.1, 0.15) is 6.33 Å². The number of anilines is 2. The minimum atomic E-state index is 0.375. The van der Waals surface area contributed by atoms with E-state index in [2.05, 4.69) is 34.1 Å². The van der Waals surface area contributed by atoms with Crippen molar-refractivity contribution < 1.29 is 0 Å². The summed E-state index contributed by atoms with van der Waals surface area (Å²) in [6.45, 7) is 4.21. The molecule has 2 heterocycles. The van der Waals surface area contributed by atoms with Crippen molar-refractivity contribution in [2.75, 3.05) is 5.32 Å². The van der Waals surface area contributed by atoms with Crippen molar-refractivity contribution in [1.82, 2.24) is 19.5 Å². The first-order valence-electron chi connectivity index (χ1n) is 4.82. The minimum Gasteiger partial charge on any atom is -0.323 e. The molecule has 0 spiro atoms. The Morgan fingerprint density at radius 2 is 2.00 bits per heavy atom. The van der Waals surface area contributed by atoms with Gasteiger partial charge in [-0.1, -0.05) is 0 Å². The highest BCUT2D eigenvalue weighted by Crippen LogP contribution is 2.16. The molecular weight excluding hydrogens is 190 g/mol. The predicted molar refractivity (Wildman–Crippen MR) is 57.9 cm³/mol. The topological polar surface area (TPSA) is 55.6 Å². The van der Waals surface area contributed by atoms with Gasteiger partial charge in [0.2, 0.25) is 5.95 Å². The van der Waals surface area contributed by atoms with Crippen LogP contribution in [0.5, 0.6) is 0 Å². The van der Waals surface area contributed by atoms with E-state index in [1.54, 1.807) is 18.6 Å². The van der Waals surface area contributed by atoms with Gasteiger partial charge in [0.25, 0.3) is 0 Å². The number of nitrogens with zero attached hydrogens (tertiary/aromatic N) is 4. The molecule has 0 atom stereocenters. The largest absolute Gasteiger partial charge is 0.323 e. The molecule has 0 radical (unpaired) electrons. The van der Waals surface area contributed by atoms with Crippen LogP contribution in [-0.4, -0.2) is 19.5 Å². The maximum Gasteiger partial charge on any atom is 0.207 e. The zero-order valence-corrected chi connectivity index (χ0v) is 8.75. The second kappa shape index (κ2) is 4.08. The highest BCUT2D eigenvalue weighted by molar-refractivity contribution is 5.50. The minimum absolute atomic E-state index is 0.375. The molecule has 0 unspecified atom stereocenters. The average Bonchev–Trinajstić information content (AvgIpc) is 2.67. The van der Waals surface area contributed by atoms with Crippen molar-refractivity contribution in [1.29, 1.82) is 0 Å². The van der Waals surface area contributed by atoms with Crippen LogP contribution in [0.2, 0.25) is 0 Å².